The van der Waals surface area contributed by atoms with Crippen LogP contribution in [0.25, 0.3) is 0 Å². The molecule has 1 aromatic carbocycles. The SMILES string of the molecule is CCNS(=O)(=O)c1ccc(CNC(=O)C2CC23CCNCC3)cc1.Cl. The van der Waals surface area contributed by atoms with Crippen LogP contribution < -0.4 is 15.4 Å². The molecule has 1 spiro atoms. The van der Waals surface area contributed by atoms with E-state index < -0.39 is 10.0 Å². The van der Waals surface area contributed by atoms with Crippen LogP contribution in [0.3, 0.4) is 0 Å². The van der Waals surface area contributed by atoms with Crippen LogP contribution in [0.15, 0.2) is 29.2 Å². The molecule has 3 N–H and O–H groups in total. The number of hydrogen-bond donors (Lipinski definition) is 3. The van der Waals surface area contributed by atoms with Crippen LogP contribution in [0.4, 0.5) is 0 Å². The van der Waals surface area contributed by atoms with Gasteiger partial charge in [0.25, 0.3) is 0 Å². The largest absolute Gasteiger partial charge is 0.352 e. The normalized spacial score (nSPS) is 21.4. The number of hydrogen-bond acceptors (Lipinski definition) is 4. The summed E-state index contributed by atoms with van der Waals surface area (Å²) in [6, 6.07) is 6.64. The van der Waals surface area contributed by atoms with E-state index in [0.717, 1.165) is 37.9 Å². The van der Waals surface area contributed by atoms with Gasteiger partial charge in [0, 0.05) is 19.0 Å². The minimum Gasteiger partial charge on any atom is -0.352 e. The van der Waals surface area contributed by atoms with E-state index in [0.29, 0.717) is 13.1 Å². The van der Waals surface area contributed by atoms with Crippen LogP contribution in [-0.4, -0.2) is 34.0 Å². The molecule has 1 aliphatic heterocycles. The monoisotopic (exact) mass is 387 g/mol. The van der Waals surface area contributed by atoms with E-state index in [1.165, 1.54) is 0 Å². The summed E-state index contributed by atoms with van der Waals surface area (Å²) in [6.07, 6.45) is 3.17. The molecule has 2 aliphatic rings. The first kappa shape index (κ1) is 20.2. The third kappa shape index (κ3) is 4.53. The van der Waals surface area contributed by atoms with Crippen molar-refractivity contribution in [3.63, 3.8) is 0 Å². The predicted octanol–water partition coefficient (Wildman–Crippen LogP) is 1.41. The van der Waals surface area contributed by atoms with Crippen molar-refractivity contribution >= 4 is 28.3 Å². The topological polar surface area (TPSA) is 87.3 Å². The van der Waals surface area contributed by atoms with E-state index in [-0.39, 0.29) is 34.5 Å². The quantitative estimate of drug-likeness (QED) is 0.688. The van der Waals surface area contributed by atoms with Crippen molar-refractivity contribution < 1.29 is 13.2 Å². The van der Waals surface area contributed by atoms with Gasteiger partial charge in [-0.2, -0.15) is 0 Å². The van der Waals surface area contributed by atoms with Crippen molar-refractivity contribution in [3.05, 3.63) is 29.8 Å². The highest BCUT2D eigenvalue weighted by atomic mass is 35.5. The summed E-state index contributed by atoms with van der Waals surface area (Å²) in [7, 11) is -3.42. The Morgan fingerprint density at radius 2 is 1.88 bits per heavy atom. The van der Waals surface area contributed by atoms with Crippen LogP contribution in [0.5, 0.6) is 0 Å². The highest BCUT2D eigenvalue weighted by molar-refractivity contribution is 7.89. The van der Waals surface area contributed by atoms with Crippen LogP contribution in [0.2, 0.25) is 0 Å². The van der Waals surface area contributed by atoms with Gasteiger partial charge in [-0.05, 0) is 55.5 Å². The molecule has 1 heterocycles. The van der Waals surface area contributed by atoms with E-state index >= 15 is 0 Å². The van der Waals surface area contributed by atoms with Gasteiger partial charge in [0.1, 0.15) is 0 Å². The fraction of sp³-hybridized carbons (Fsp3) is 0.588. The number of piperidine rings is 1. The molecule has 1 saturated carbocycles. The predicted molar refractivity (Wildman–Crippen MR) is 99.0 cm³/mol. The van der Waals surface area contributed by atoms with Crippen LogP contribution >= 0.6 is 12.4 Å². The number of sulfonamides is 1. The van der Waals surface area contributed by atoms with Gasteiger partial charge >= 0.3 is 0 Å². The first-order chi connectivity index (χ1) is 11.5. The maximum atomic E-state index is 12.3. The summed E-state index contributed by atoms with van der Waals surface area (Å²) < 4.78 is 26.2. The summed E-state index contributed by atoms with van der Waals surface area (Å²) in [5, 5.41) is 6.33. The first-order valence-electron chi connectivity index (χ1n) is 8.54. The molecule has 25 heavy (non-hydrogen) atoms. The maximum absolute atomic E-state index is 12.3. The lowest BCUT2D eigenvalue weighted by Gasteiger charge is -2.23. The van der Waals surface area contributed by atoms with Gasteiger partial charge in [0.05, 0.1) is 4.90 Å². The van der Waals surface area contributed by atoms with E-state index in [1.807, 2.05) is 0 Å². The number of rotatable bonds is 6. The molecule has 140 valence electrons. The molecule has 1 unspecified atom stereocenters. The minimum absolute atomic E-state index is 0. The molecular formula is C17H26ClN3O3S. The van der Waals surface area contributed by atoms with Crippen molar-refractivity contribution in [1.29, 1.82) is 0 Å². The summed E-state index contributed by atoms with van der Waals surface area (Å²) >= 11 is 0. The molecule has 0 radical (unpaired) electrons. The standard InChI is InChI=1S/C17H25N3O3S.ClH/c1-2-20-24(22,23)14-5-3-13(4-6-14)12-19-16(21)15-11-17(15)7-9-18-10-8-17;/h3-6,15,18,20H,2,7-12H2,1H3,(H,19,21);1H. The lowest BCUT2D eigenvalue weighted by molar-refractivity contribution is -0.123. The highest BCUT2D eigenvalue weighted by Gasteiger charge is 2.57. The van der Waals surface area contributed by atoms with Gasteiger partial charge in [-0.3, -0.25) is 4.79 Å². The molecule has 1 aromatic rings. The first-order valence-corrected chi connectivity index (χ1v) is 10.0. The molecule has 0 bridgehead atoms. The molecule has 1 atom stereocenters. The van der Waals surface area contributed by atoms with Gasteiger partial charge in [0.2, 0.25) is 15.9 Å². The molecule has 3 rings (SSSR count). The summed E-state index contributed by atoms with van der Waals surface area (Å²) in [6.45, 7) is 4.55. The molecular weight excluding hydrogens is 362 g/mol. The Morgan fingerprint density at radius 1 is 1.24 bits per heavy atom. The van der Waals surface area contributed by atoms with Crippen molar-refractivity contribution in [2.24, 2.45) is 11.3 Å². The lowest BCUT2D eigenvalue weighted by atomic mass is 9.92. The smallest absolute Gasteiger partial charge is 0.240 e. The van der Waals surface area contributed by atoms with E-state index in [2.05, 4.69) is 15.4 Å². The third-order valence-electron chi connectivity index (χ3n) is 5.14. The Balaban J connectivity index is 0.00000225. The fourth-order valence-electron chi connectivity index (χ4n) is 3.57. The van der Waals surface area contributed by atoms with Crippen LogP contribution in [-0.2, 0) is 21.4 Å². The van der Waals surface area contributed by atoms with E-state index in [1.54, 1.807) is 31.2 Å². The Hall–Kier alpha value is -1.15. The molecule has 8 heteroatoms. The molecule has 1 aliphatic carbocycles. The number of carbonyl (C=O) groups is 1. The van der Waals surface area contributed by atoms with Gasteiger partial charge in [-0.1, -0.05) is 19.1 Å². The number of benzene rings is 1. The number of nitrogens with one attached hydrogen (secondary N) is 3. The van der Waals surface area contributed by atoms with Gasteiger partial charge in [-0.25, -0.2) is 13.1 Å². The average Bonchev–Trinajstić information content (AvgIpc) is 3.27. The average molecular weight is 388 g/mol. The molecule has 1 amide bonds. The van der Waals surface area contributed by atoms with Crippen LogP contribution in [0, 0.1) is 11.3 Å². The van der Waals surface area contributed by atoms with Gasteiger partial charge < -0.3 is 10.6 Å². The Morgan fingerprint density at radius 3 is 2.48 bits per heavy atom. The lowest BCUT2D eigenvalue weighted by Crippen LogP contribution is -2.33. The Bertz CT molecular complexity index is 700. The summed E-state index contributed by atoms with van der Waals surface area (Å²) in [5.41, 5.74) is 1.14. The summed E-state index contributed by atoms with van der Waals surface area (Å²) in [5.74, 6) is 0.272. The van der Waals surface area contributed by atoms with Crippen molar-refractivity contribution in [3.8, 4) is 0 Å². The minimum atomic E-state index is -3.42. The van der Waals surface area contributed by atoms with Crippen molar-refractivity contribution in [2.45, 2.75) is 37.6 Å². The molecule has 1 saturated heterocycles. The van der Waals surface area contributed by atoms with Crippen molar-refractivity contribution in [2.75, 3.05) is 19.6 Å². The second-order valence-corrected chi connectivity index (χ2v) is 8.50. The number of amides is 1. The van der Waals surface area contributed by atoms with Crippen molar-refractivity contribution in [1.82, 2.24) is 15.4 Å². The number of carbonyl (C=O) groups excluding carboxylic acids is 1. The zero-order valence-corrected chi connectivity index (χ0v) is 16.0. The summed E-state index contributed by atoms with van der Waals surface area (Å²) in [4.78, 5) is 12.6. The Labute approximate surface area is 155 Å². The fourth-order valence-corrected chi connectivity index (χ4v) is 4.61. The maximum Gasteiger partial charge on any atom is 0.240 e. The third-order valence-corrected chi connectivity index (χ3v) is 6.70. The zero-order chi connectivity index (χ0) is 17.2. The Kier molecular flexibility index (Phi) is 6.48. The molecule has 0 aromatic heterocycles. The second-order valence-electron chi connectivity index (χ2n) is 6.73. The van der Waals surface area contributed by atoms with E-state index in [9.17, 15) is 13.2 Å². The zero-order valence-electron chi connectivity index (χ0n) is 14.4. The van der Waals surface area contributed by atoms with Gasteiger partial charge in [-0.15, -0.1) is 12.4 Å². The van der Waals surface area contributed by atoms with Crippen LogP contribution in [0.1, 0.15) is 31.7 Å². The molecule has 2 fully saturated rings. The second kappa shape index (κ2) is 8.03. The van der Waals surface area contributed by atoms with E-state index in [4.69, 9.17) is 0 Å². The highest BCUT2D eigenvalue weighted by Crippen LogP contribution is 2.58. The molecule has 6 nitrogen and oxygen atoms in total. The number of halogens is 1. The van der Waals surface area contributed by atoms with Gasteiger partial charge in [0.15, 0.2) is 0 Å².